The summed E-state index contributed by atoms with van der Waals surface area (Å²) in [5, 5.41) is 15.6. The van der Waals surface area contributed by atoms with Gasteiger partial charge in [-0.05, 0) is 31.0 Å². The first-order valence-electron chi connectivity index (χ1n) is 9.61. The number of rotatable bonds is 5. The smallest absolute Gasteiger partial charge is 0.272 e. The van der Waals surface area contributed by atoms with Crippen LogP contribution in [0.2, 0.25) is 0 Å². The predicted molar refractivity (Wildman–Crippen MR) is 100 cm³/mol. The Bertz CT molecular complexity index is 1050. The fraction of sp³-hybridized carbons (Fsp3) is 0.421. The van der Waals surface area contributed by atoms with E-state index in [1.807, 2.05) is 33.8 Å². The molecule has 0 unspecified atom stereocenters. The molecular weight excluding hydrogens is 358 g/mol. The third-order valence-corrected chi connectivity index (χ3v) is 5.25. The monoisotopic (exact) mass is 379 g/mol. The quantitative estimate of drug-likeness (QED) is 0.712. The zero-order valence-electron chi connectivity index (χ0n) is 15.4. The minimum Gasteiger partial charge on any atom is -0.348 e. The normalized spacial score (nSPS) is 16.2. The van der Waals surface area contributed by atoms with Crippen molar-refractivity contribution in [1.29, 1.82) is 0 Å². The number of para-hydroxylation sites is 1. The SMILES string of the molecule is O=C(NC1CC1)c1cc2n(n1)CCN(C(=O)CCn1nnc3ccccc31)C2. The molecule has 1 N–H and O–H groups in total. The van der Waals surface area contributed by atoms with Gasteiger partial charge in [-0.15, -0.1) is 5.10 Å². The van der Waals surface area contributed by atoms with E-state index in [9.17, 15) is 9.59 Å². The zero-order chi connectivity index (χ0) is 19.1. The van der Waals surface area contributed by atoms with Crippen LogP contribution in [-0.2, 0) is 24.4 Å². The molecule has 0 spiro atoms. The van der Waals surface area contributed by atoms with Gasteiger partial charge in [0.05, 0.1) is 30.8 Å². The van der Waals surface area contributed by atoms with Crippen LogP contribution in [0.3, 0.4) is 0 Å². The van der Waals surface area contributed by atoms with Crippen molar-refractivity contribution < 1.29 is 9.59 Å². The van der Waals surface area contributed by atoms with Gasteiger partial charge in [0.25, 0.3) is 5.91 Å². The lowest BCUT2D eigenvalue weighted by atomic mass is 10.2. The molecule has 2 aliphatic rings. The van der Waals surface area contributed by atoms with Gasteiger partial charge in [-0.1, -0.05) is 17.3 Å². The van der Waals surface area contributed by atoms with Gasteiger partial charge in [0.2, 0.25) is 5.91 Å². The first-order chi connectivity index (χ1) is 13.7. The number of hydrogen-bond donors (Lipinski definition) is 1. The number of carbonyl (C=O) groups is 2. The lowest BCUT2D eigenvalue weighted by Gasteiger charge is -2.27. The molecular formula is C19H21N7O2. The van der Waals surface area contributed by atoms with Gasteiger partial charge in [0.1, 0.15) is 5.52 Å². The summed E-state index contributed by atoms with van der Waals surface area (Å²) < 4.78 is 3.60. The number of fused-ring (bicyclic) bond motifs is 2. The number of nitrogens with zero attached hydrogens (tertiary/aromatic N) is 6. The van der Waals surface area contributed by atoms with Crippen molar-refractivity contribution in [2.45, 2.75) is 44.9 Å². The molecule has 1 aromatic carbocycles. The van der Waals surface area contributed by atoms with Crippen molar-refractivity contribution >= 4 is 22.8 Å². The van der Waals surface area contributed by atoms with Gasteiger partial charge in [-0.2, -0.15) is 5.10 Å². The Morgan fingerprint density at radius 3 is 2.89 bits per heavy atom. The van der Waals surface area contributed by atoms with E-state index in [1.54, 1.807) is 10.7 Å². The third kappa shape index (κ3) is 3.23. The van der Waals surface area contributed by atoms with Crippen molar-refractivity contribution in [2.24, 2.45) is 0 Å². The van der Waals surface area contributed by atoms with Gasteiger partial charge in [0, 0.05) is 19.0 Å². The maximum absolute atomic E-state index is 12.7. The van der Waals surface area contributed by atoms with E-state index < -0.39 is 0 Å². The van der Waals surface area contributed by atoms with Crippen molar-refractivity contribution in [3.05, 3.63) is 41.7 Å². The minimum atomic E-state index is -0.125. The number of amides is 2. The Morgan fingerprint density at radius 1 is 1.18 bits per heavy atom. The summed E-state index contributed by atoms with van der Waals surface area (Å²) in [4.78, 5) is 26.7. The van der Waals surface area contributed by atoms with Crippen molar-refractivity contribution in [1.82, 2.24) is 35.0 Å². The van der Waals surface area contributed by atoms with E-state index in [0.29, 0.717) is 44.3 Å². The molecule has 3 heterocycles. The second-order valence-corrected chi connectivity index (χ2v) is 7.36. The summed E-state index contributed by atoms with van der Waals surface area (Å²) >= 11 is 0. The standard InChI is InChI=1S/C19H21N7O2/c27-18(7-8-26-17-4-2-1-3-15(17)21-23-26)24-9-10-25-14(12-24)11-16(22-25)19(28)20-13-5-6-13/h1-4,11,13H,5-10,12H2,(H,20,28). The van der Waals surface area contributed by atoms with E-state index in [1.165, 1.54) is 0 Å². The Balaban J connectivity index is 1.22. The van der Waals surface area contributed by atoms with Crippen LogP contribution in [0.15, 0.2) is 30.3 Å². The number of carbonyl (C=O) groups excluding carboxylic acids is 2. The highest BCUT2D eigenvalue weighted by molar-refractivity contribution is 5.92. The molecule has 1 aliphatic heterocycles. The lowest BCUT2D eigenvalue weighted by Crippen LogP contribution is -2.38. The van der Waals surface area contributed by atoms with Gasteiger partial charge >= 0.3 is 0 Å². The summed E-state index contributed by atoms with van der Waals surface area (Å²) in [7, 11) is 0. The molecule has 9 heteroatoms. The largest absolute Gasteiger partial charge is 0.348 e. The summed E-state index contributed by atoms with van der Waals surface area (Å²) in [6, 6.07) is 9.81. The molecule has 0 saturated heterocycles. The van der Waals surface area contributed by atoms with E-state index in [2.05, 4.69) is 20.7 Å². The van der Waals surface area contributed by atoms with Crippen LogP contribution in [0.25, 0.3) is 11.0 Å². The van der Waals surface area contributed by atoms with Gasteiger partial charge in [-0.25, -0.2) is 4.68 Å². The van der Waals surface area contributed by atoms with E-state index in [4.69, 9.17) is 0 Å². The van der Waals surface area contributed by atoms with E-state index >= 15 is 0 Å². The number of benzene rings is 1. The molecule has 0 atom stereocenters. The van der Waals surface area contributed by atoms with Crippen LogP contribution in [0.5, 0.6) is 0 Å². The van der Waals surface area contributed by atoms with Crippen LogP contribution in [0.4, 0.5) is 0 Å². The van der Waals surface area contributed by atoms with Crippen molar-refractivity contribution in [2.75, 3.05) is 6.54 Å². The van der Waals surface area contributed by atoms with E-state index in [-0.39, 0.29) is 11.8 Å². The first-order valence-corrected chi connectivity index (χ1v) is 9.61. The molecule has 0 bridgehead atoms. The van der Waals surface area contributed by atoms with Crippen molar-refractivity contribution in [3.63, 3.8) is 0 Å². The zero-order valence-corrected chi connectivity index (χ0v) is 15.4. The molecule has 9 nitrogen and oxygen atoms in total. The third-order valence-electron chi connectivity index (χ3n) is 5.25. The maximum atomic E-state index is 12.7. The molecule has 2 amide bonds. The topological polar surface area (TPSA) is 97.9 Å². The summed E-state index contributed by atoms with van der Waals surface area (Å²) in [5.41, 5.74) is 3.09. The molecule has 1 aliphatic carbocycles. The molecule has 3 aromatic rings. The second kappa shape index (κ2) is 6.74. The Morgan fingerprint density at radius 2 is 2.04 bits per heavy atom. The number of aryl methyl sites for hydroxylation is 1. The maximum Gasteiger partial charge on any atom is 0.272 e. The molecule has 1 saturated carbocycles. The average Bonchev–Trinajstić information content (AvgIpc) is 3.27. The average molecular weight is 379 g/mol. The van der Waals surface area contributed by atoms with Crippen LogP contribution in [0.1, 0.15) is 35.4 Å². The summed E-state index contributed by atoms with van der Waals surface area (Å²) in [5.74, 6) is -0.0589. The van der Waals surface area contributed by atoms with Gasteiger partial charge in [-0.3, -0.25) is 14.3 Å². The van der Waals surface area contributed by atoms with Crippen LogP contribution < -0.4 is 5.32 Å². The molecule has 0 radical (unpaired) electrons. The Hall–Kier alpha value is -3.23. The van der Waals surface area contributed by atoms with Gasteiger partial charge in [0.15, 0.2) is 5.69 Å². The second-order valence-electron chi connectivity index (χ2n) is 7.36. The predicted octanol–water partition coefficient (Wildman–Crippen LogP) is 0.952. The number of nitrogens with one attached hydrogen (secondary N) is 1. The summed E-state index contributed by atoms with van der Waals surface area (Å²) in [6.07, 6.45) is 2.45. The molecule has 1 fully saturated rings. The van der Waals surface area contributed by atoms with Crippen LogP contribution >= 0.6 is 0 Å². The van der Waals surface area contributed by atoms with Crippen molar-refractivity contribution in [3.8, 4) is 0 Å². The molecule has 28 heavy (non-hydrogen) atoms. The number of aromatic nitrogens is 5. The first kappa shape index (κ1) is 16.9. The highest BCUT2D eigenvalue weighted by Crippen LogP contribution is 2.20. The highest BCUT2D eigenvalue weighted by Gasteiger charge is 2.27. The number of hydrogen-bond acceptors (Lipinski definition) is 5. The molecule has 2 aromatic heterocycles. The lowest BCUT2D eigenvalue weighted by molar-refractivity contribution is -0.133. The fourth-order valence-electron chi connectivity index (χ4n) is 3.52. The molecule has 144 valence electrons. The minimum absolute atomic E-state index is 0.0658. The van der Waals surface area contributed by atoms with Crippen LogP contribution in [0, 0.1) is 0 Å². The fourth-order valence-corrected chi connectivity index (χ4v) is 3.52. The Kier molecular flexibility index (Phi) is 4.07. The van der Waals surface area contributed by atoms with Gasteiger partial charge < -0.3 is 10.2 Å². The highest BCUT2D eigenvalue weighted by atomic mass is 16.2. The van der Waals surface area contributed by atoms with Crippen LogP contribution in [-0.4, -0.2) is 54.1 Å². The molecule has 5 rings (SSSR count). The van der Waals surface area contributed by atoms with E-state index in [0.717, 1.165) is 29.6 Å². The summed E-state index contributed by atoms with van der Waals surface area (Å²) in [6.45, 7) is 2.16. The Labute approximate surface area is 161 Å².